The van der Waals surface area contributed by atoms with Gasteiger partial charge in [0.25, 0.3) is 0 Å². The fourth-order valence-electron chi connectivity index (χ4n) is 1.17. The molecule has 0 aromatic rings. The average Bonchev–Trinajstić information content (AvgIpc) is 2.12. The van der Waals surface area contributed by atoms with Crippen LogP contribution in [0.2, 0.25) is 0 Å². The molecule has 0 spiro atoms. The molecule has 1 aliphatic rings. The number of carbonyl (C=O) groups excluding carboxylic acids is 1. The minimum atomic E-state index is 0.0856. The smallest absolute Gasteiger partial charge is 0.188 e. The van der Waals surface area contributed by atoms with Crippen molar-refractivity contribution in [2.45, 2.75) is 25.7 Å². The Labute approximate surface area is 54.9 Å². The Hall–Kier alpha value is 0.0200. The SMILES string of the molecule is O=C(S)C1CCCC1. The first-order valence-corrected chi connectivity index (χ1v) is 3.48. The summed E-state index contributed by atoms with van der Waals surface area (Å²) in [5, 5.41) is 0.0856. The van der Waals surface area contributed by atoms with E-state index in [1.165, 1.54) is 12.8 Å². The van der Waals surface area contributed by atoms with Crippen molar-refractivity contribution in [2.24, 2.45) is 5.92 Å². The molecular formula is C6H10OS. The van der Waals surface area contributed by atoms with Gasteiger partial charge in [-0.3, -0.25) is 4.79 Å². The second kappa shape index (κ2) is 2.53. The summed E-state index contributed by atoms with van der Waals surface area (Å²) >= 11 is 3.75. The average molecular weight is 130 g/mol. The van der Waals surface area contributed by atoms with Gasteiger partial charge in [-0.1, -0.05) is 12.8 Å². The van der Waals surface area contributed by atoms with Crippen molar-refractivity contribution in [2.75, 3.05) is 0 Å². The van der Waals surface area contributed by atoms with E-state index in [0.29, 0.717) is 5.92 Å². The normalized spacial score (nSPS) is 21.6. The summed E-state index contributed by atoms with van der Waals surface area (Å²) in [4.78, 5) is 10.5. The molecule has 1 nitrogen and oxygen atoms in total. The Morgan fingerprint density at radius 2 is 1.88 bits per heavy atom. The summed E-state index contributed by atoms with van der Waals surface area (Å²) in [6.07, 6.45) is 4.58. The molecule has 0 aromatic carbocycles. The second-order valence-corrected chi connectivity index (χ2v) is 2.76. The van der Waals surface area contributed by atoms with Gasteiger partial charge in [0.1, 0.15) is 0 Å². The van der Waals surface area contributed by atoms with Crippen LogP contribution in [0.5, 0.6) is 0 Å². The number of carbonyl (C=O) groups is 1. The Bertz CT molecular complexity index is 94.7. The highest BCUT2D eigenvalue weighted by Gasteiger charge is 2.19. The quantitative estimate of drug-likeness (QED) is 0.534. The van der Waals surface area contributed by atoms with E-state index >= 15 is 0 Å². The zero-order valence-electron chi connectivity index (χ0n) is 4.76. The zero-order chi connectivity index (χ0) is 5.98. The lowest BCUT2D eigenvalue weighted by Gasteiger charge is -1.98. The van der Waals surface area contributed by atoms with Crippen LogP contribution in [0.15, 0.2) is 0 Å². The van der Waals surface area contributed by atoms with E-state index < -0.39 is 0 Å². The highest BCUT2D eigenvalue weighted by atomic mass is 32.1. The molecule has 2 heteroatoms. The predicted octanol–water partition coefficient (Wildman–Crippen LogP) is 1.63. The number of rotatable bonds is 1. The molecule has 0 radical (unpaired) electrons. The minimum Gasteiger partial charge on any atom is -0.287 e. The molecule has 0 aliphatic heterocycles. The van der Waals surface area contributed by atoms with Gasteiger partial charge in [0, 0.05) is 5.92 Å². The molecule has 0 bridgehead atoms. The summed E-state index contributed by atoms with van der Waals surface area (Å²) in [5.74, 6) is 0.290. The Balaban J connectivity index is 2.35. The fourth-order valence-corrected chi connectivity index (χ4v) is 1.43. The first-order valence-electron chi connectivity index (χ1n) is 3.03. The minimum absolute atomic E-state index is 0.0856. The van der Waals surface area contributed by atoms with Crippen molar-refractivity contribution >= 4 is 17.7 Å². The van der Waals surface area contributed by atoms with Gasteiger partial charge in [-0.25, -0.2) is 0 Å². The van der Waals surface area contributed by atoms with E-state index in [0.717, 1.165) is 12.8 Å². The third-order valence-corrected chi connectivity index (χ3v) is 2.07. The first-order chi connectivity index (χ1) is 3.80. The fraction of sp³-hybridized carbons (Fsp3) is 0.833. The van der Waals surface area contributed by atoms with Gasteiger partial charge < -0.3 is 0 Å². The molecule has 0 saturated heterocycles. The van der Waals surface area contributed by atoms with Crippen LogP contribution in [0.3, 0.4) is 0 Å². The van der Waals surface area contributed by atoms with Gasteiger partial charge >= 0.3 is 0 Å². The molecule has 0 amide bonds. The van der Waals surface area contributed by atoms with Crippen molar-refractivity contribution in [3.05, 3.63) is 0 Å². The molecule has 0 aromatic heterocycles. The monoisotopic (exact) mass is 130 g/mol. The molecule has 46 valence electrons. The third-order valence-electron chi connectivity index (χ3n) is 1.70. The van der Waals surface area contributed by atoms with Crippen LogP contribution in [-0.4, -0.2) is 5.12 Å². The van der Waals surface area contributed by atoms with Crippen LogP contribution >= 0.6 is 12.6 Å². The molecule has 1 saturated carbocycles. The van der Waals surface area contributed by atoms with Crippen LogP contribution in [-0.2, 0) is 4.79 Å². The molecule has 0 heterocycles. The van der Waals surface area contributed by atoms with Gasteiger partial charge in [-0.15, -0.1) is 12.6 Å². The van der Waals surface area contributed by atoms with E-state index in [2.05, 4.69) is 12.6 Å². The van der Waals surface area contributed by atoms with Gasteiger partial charge in [0.15, 0.2) is 5.12 Å². The van der Waals surface area contributed by atoms with Crippen molar-refractivity contribution < 1.29 is 4.79 Å². The maximum Gasteiger partial charge on any atom is 0.188 e. The molecule has 0 unspecified atom stereocenters. The van der Waals surface area contributed by atoms with Crippen LogP contribution < -0.4 is 0 Å². The van der Waals surface area contributed by atoms with Crippen LogP contribution in [0.25, 0.3) is 0 Å². The van der Waals surface area contributed by atoms with E-state index in [-0.39, 0.29) is 5.12 Å². The van der Waals surface area contributed by atoms with Crippen LogP contribution in [0, 0.1) is 5.92 Å². The number of thiol groups is 1. The van der Waals surface area contributed by atoms with Crippen LogP contribution in [0.4, 0.5) is 0 Å². The molecular weight excluding hydrogens is 120 g/mol. The summed E-state index contributed by atoms with van der Waals surface area (Å²) in [6, 6.07) is 0. The van der Waals surface area contributed by atoms with Crippen molar-refractivity contribution in [1.29, 1.82) is 0 Å². The summed E-state index contributed by atoms with van der Waals surface area (Å²) in [6.45, 7) is 0. The zero-order valence-corrected chi connectivity index (χ0v) is 5.66. The van der Waals surface area contributed by atoms with E-state index in [9.17, 15) is 4.79 Å². The summed E-state index contributed by atoms with van der Waals surface area (Å²) < 4.78 is 0. The van der Waals surface area contributed by atoms with Crippen LogP contribution in [0.1, 0.15) is 25.7 Å². The molecule has 1 aliphatic carbocycles. The highest BCUT2D eigenvalue weighted by Crippen LogP contribution is 2.25. The van der Waals surface area contributed by atoms with Gasteiger partial charge in [0.2, 0.25) is 0 Å². The molecule has 0 atom stereocenters. The van der Waals surface area contributed by atoms with Gasteiger partial charge in [0.05, 0.1) is 0 Å². The van der Waals surface area contributed by atoms with E-state index in [1.807, 2.05) is 0 Å². The van der Waals surface area contributed by atoms with Crippen molar-refractivity contribution in [3.63, 3.8) is 0 Å². The molecule has 8 heavy (non-hydrogen) atoms. The molecule has 1 rings (SSSR count). The lowest BCUT2D eigenvalue weighted by atomic mass is 10.1. The first kappa shape index (κ1) is 6.14. The van der Waals surface area contributed by atoms with E-state index in [4.69, 9.17) is 0 Å². The Morgan fingerprint density at radius 1 is 1.38 bits per heavy atom. The Kier molecular flexibility index (Phi) is 1.95. The highest BCUT2D eigenvalue weighted by molar-refractivity contribution is 7.96. The van der Waals surface area contributed by atoms with E-state index in [1.54, 1.807) is 0 Å². The lowest BCUT2D eigenvalue weighted by molar-refractivity contribution is -0.114. The summed E-state index contributed by atoms with van der Waals surface area (Å²) in [5.41, 5.74) is 0. The second-order valence-electron chi connectivity index (χ2n) is 2.32. The van der Waals surface area contributed by atoms with Crippen molar-refractivity contribution in [1.82, 2.24) is 0 Å². The predicted molar refractivity (Wildman–Crippen MR) is 36.0 cm³/mol. The standard InChI is InChI=1S/C6H10OS/c7-6(8)5-3-1-2-4-5/h5H,1-4H2,(H,7,8). The molecule has 1 fully saturated rings. The van der Waals surface area contributed by atoms with Crippen molar-refractivity contribution in [3.8, 4) is 0 Å². The van der Waals surface area contributed by atoms with Gasteiger partial charge in [-0.2, -0.15) is 0 Å². The summed E-state index contributed by atoms with van der Waals surface area (Å²) in [7, 11) is 0. The number of hydrogen-bond acceptors (Lipinski definition) is 1. The Morgan fingerprint density at radius 3 is 2.12 bits per heavy atom. The number of hydrogen-bond donors (Lipinski definition) is 1. The maximum absolute atomic E-state index is 10.5. The third kappa shape index (κ3) is 1.25. The maximum atomic E-state index is 10.5. The lowest BCUT2D eigenvalue weighted by Crippen LogP contribution is -2.01. The van der Waals surface area contributed by atoms with Gasteiger partial charge in [-0.05, 0) is 12.8 Å². The largest absolute Gasteiger partial charge is 0.287 e. The topological polar surface area (TPSA) is 17.1 Å². The molecule has 0 N–H and O–H groups in total.